The fourth-order valence-corrected chi connectivity index (χ4v) is 5.12. The highest BCUT2D eigenvalue weighted by molar-refractivity contribution is 7.18. The van der Waals surface area contributed by atoms with Crippen LogP contribution in [0.3, 0.4) is 0 Å². The summed E-state index contributed by atoms with van der Waals surface area (Å²) >= 11 is 1.46. The molecule has 1 aliphatic heterocycles. The third kappa shape index (κ3) is 3.76. The molecule has 0 bridgehead atoms. The van der Waals surface area contributed by atoms with Gasteiger partial charge in [0.05, 0.1) is 18.6 Å². The summed E-state index contributed by atoms with van der Waals surface area (Å²) in [4.78, 5) is 34.4. The lowest BCUT2D eigenvalue weighted by Gasteiger charge is -2.16. The molecule has 10 heteroatoms. The first-order chi connectivity index (χ1) is 14.6. The lowest BCUT2D eigenvalue weighted by atomic mass is 10.2. The van der Waals surface area contributed by atoms with E-state index in [-0.39, 0.29) is 30.3 Å². The number of halogens is 1. The SMILES string of the molecule is CN/C=C/N=C1\NCCN1Cc1sc2c(c1C)c(=O)n(C1CC1)c(=O)n2CCCF. The number of hydrogen-bond donors (Lipinski definition) is 2. The Morgan fingerprint density at radius 1 is 1.37 bits per heavy atom. The number of guanidine groups is 1. The predicted molar refractivity (Wildman–Crippen MR) is 118 cm³/mol. The van der Waals surface area contributed by atoms with Crippen molar-refractivity contribution >= 4 is 27.5 Å². The van der Waals surface area contributed by atoms with Crippen LogP contribution in [0.4, 0.5) is 4.39 Å². The number of nitrogens with zero attached hydrogens (tertiary/aromatic N) is 4. The van der Waals surface area contributed by atoms with Crippen LogP contribution in [0.25, 0.3) is 10.2 Å². The summed E-state index contributed by atoms with van der Waals surface area (Å²) in [6.07, 6.45) is 5.40. The quantitative estimate of drug-likeness (QED) is 0.661. The maximum atomic E-state index is 13.2. The van der Waals surface area contributed by atoms with E-state index >= 15 is 0 Å². The van der Waals surface area contributed by atoms with Gasteiger partial charge in [0.1, 0.15) is 4.83 Å². The van der Waals surface area contributed by atoms with Gasteiger partial charge in [-0.1, -0.05) is 0 Å². The zero-order valence-corrected chi connectivity index (χ0v) is 18.1. The number of alkyl halides is 1. The molecule has 2 aromatic heterocycles. The Labute approximate surface area is 177 Å². The van der Waals surface area contributed by atoms with Gasteiger partial charge < -0.3 is 15.5 Å². The fraction of sp³-hybridized carbons (Fsp3) is 0.550. The van der Waals surface area contributed by atoms with Gasteiger partial charge in [-0.2, -0.15) is 0 Å². The van der Waals surface area contributed by atoms with Crippen LogP contribution in [0, 0.1) is 6.92 Å². The van der Waals surface area contributed by atoms with E-state index in [9.17, 15) is 14.0 Å². The molecular formula is C20H27FN6O2S. The van der Waals surface area contributed by atoms with E-state index in [1.54, 1.807) is 17.0 Å². The maximum absolute atomic E-state index is 13.2. The van der Waals surface area contributed by atoms with E-state index in [1.807, 2.05) is 14.0 Å². The summed E-state index contributed by atoms with van der Waals surface area (Å²) < 4.78 is 15.9. The molecule has 0 unspecified atom stereocenters. The Kier molecular flexibility index (Phi) is 5.94. The Bertz CT molecular complexity index is 1110. The molecule has 2 aliphatic rings. The van der Waals surface area contributed by atoms with E-state index in [0.29, 0.717) is 16.8 Å². The molecule has 0 amide bonds. The zero-order chi connectivity index (χ0) is 21.3. The van der Waals surface area contributed by atoms with E-state index in [1.165, 1.54) is 15.9 Å². The van der Waals surface area contributed by atoms with E-state index < -0.39 is 6.67 Å². The minimum atomic E-state index is -0.493. The van der Waals surface area contributed by atoms with Gasteiger partial charge in [0, 0.05) is 50.0 Å². The third-order valence-electron chi connectivity index (χ3n) is 5.51. The van der Waals surface area contributed by atoms with Crippen molar-refractivity contribution < 1.29 is 4.39 Å². The number of rotatable bonds is 8. The molecule has 0 atom stereocenters. The normalized spacial score (nSPS) is 18.1. The average Bonchev–Trinajstić information content (AvgIpc) is 3.37. The highest BCUT2D eigenvalue weighted by Crippen LogP contribution is 2.34. The van der Waals surface area contributed by atoms with Gasteiger partial charge in [-0.3, -0.25) is 18.3 Å². The average molecular weight is 435 g/mol. The molecule has 1 saturated carbocycles. The molecule has 0 radical (unpaired) electrons. The lowest BCUT2D eigenvalue weighted by molar-refractivity contribution is 0.440. The van der Waals surface area contributed by atoms with Crippen LogP contribution in [0.2, 0.25) is 0 Å². The standard InChI is InChI=1S/C20H27FN6O2S/c1-13-15(12-25-11-9-24-19(25)23-8-7-22-2)30-18-16(13)17(28)27(14-4-5-14)20(29)26(18)10-3-6-21/h7-8,14,22H,3-6,9-12H2,1-2H3,(H,23,24)/b8-7+. The van der Waals surface area contributed by atoms with E-state index in [4.69, 9.17) is 0 Å². The van der Waals surface area contributed by atoms with Crippen LogP contribution < -0.4 is 21.9 Å². The number of fused-ring (bicyclic) bond motifs is 1. The Morgan fingerprint density at radius 3 is 2.87 bits per heavy atom. The number of aliphatic imine (C=N–C) groups is 1. The Hall–Kier alpha value is -2.62. The largest absolute Gasteiger partial charge is 0.393 e. The highest BCUT2D eigenvalue weighted by atomic mass is 32.1. The van der Waals surface area contributed by atoms with Crippen molar-refractivity contribution in [3.8, 4) is 0 Å². The monoisotopic (exact) mass is 434 g/mol. The van der Waals surface area contributed by atoms with Gasteiger partial charge in [-0.25, -0.2) is 9.79 Å². The molecule has 4 rings (SSSR count). The van der Waals surface area contributed by atoms with Gasteiger partial charge in [-0.05, 0) is 31.7 Å². The Balaban J connectivity index is 1.77. The van der Waals surface area contributed by atoms with Crippen molar-refractivity contribution in [1.29, 1.82) is 0 Å². The van der Waals surface area contributed by atoms with Crippen LogP contribution in [-0.2, 0) is 13.1 Å². The van der Waals surface area contributed by atoms with Crippen LogP contribution >= 0.6 is 11.3 Å². The molecule has 2 fully saturated rings. The number of nitrogens with one attached hydrogen (secondary N) is 2. The topological polar surface area (TPSA) is 83.7 Å². The molecule has 0 aromatic carbocycles. The van der Waals surface area contributed by atoms with E-state index in [0.717, 1.165) is 42.3 Å². The minimum absolute atomic E-state index is 0.0192. The number of aromatic nitrogens is 2. The molecule has 2 N–H and O–H groups in total. The number of hydrogen-bond acceptors (Lipinski definition) is 5. The number of thiophene rings is 1. The van der Waals surface area contributed by atoms with Crippen molar-refractivity contribution in [3.05, 3.63) is 43.7 Å². The lowest BCUT2D eigenvalue weighted by Crippen LogP contribution is -2.39. The van der Waals surface area contributed by atoms with Crippen LogP contribution in [0.5, 0.6) is 0 Å². The first-order valence-corrected chi connectivity index (χ1v) is 11.1. The van der Waals surface area contributed by atoms with Crippen LogP contribution in [-0.4, -0.2) is 46.8 Å². The summed E-state index contributed by atoms with van der Waals surface area (Å²) in [5, 5.41) is 6.78. The molecule has 162 valence electrons. The van der Waals surface area contributed by atoms with Crippen LogP contribution in [0.1, 0.15) is 35.7 Å². The zero-order valence-electron chi connectivity index (χ0n) is 17.3. The molecule has 1 aliphatic carbocycles. The first-order valence-electron chi connectivity index (χ1n) is 10.3. The van der Waals surface area contributed by atoms with Gasteiger partial charge in [0.2, 0.25) is 0 Å². The van der Waals surface area contributed by atoms with Crippen molar-refractivity contribution in [1.82, 2.24) is 24.7 Å². The second kappa shape index (κ2) is 8.63. The second-order valence-electron chi connectivity index (χ2n) is 7.62. The van der Waals surface area contributed by atoms with E-state index in [2.05, 4.69) is 20.5 Å². The molecule has 2 aromatic rings. The Morgan fingerprint density at radius 2 is 2.17 bits per heavy atom. The van der Waals surface area contributed by atoms with Gasteiger partial charge in [0.15, 0.2) is 5.96 Å². The molecule has 8 nitrogen and oxygen atoms in total. The summed E-state index contributed by atoms with van der Waals surface area (Å²) in [5.41, 5.74) is 0.387. The highest BCUT2D eigenvalue weighted by Gasteiger charge is 2.30. The van der Waals surface area contributed by atoms with Gasteiger partial charge in [-0.15, -0.1) is 11.3 Å². The second-order valence-corrected chi connectivity index (χ2v) is 8.70. The van der Waals surface area contributed by atoms with Crippen molar-refractivity contribution in [2.24, 2.45) is 4.99 Å². The fourth-order valence-electron chi connectivity index (χ4n) is 3.79. The molecule has 3 heterocycles. The minimum Gasteiger partial charge on any atom is -0.393 e. The third-order valence-corrected chi connectivity index (χ3v) is 6.81. The maximum Gasteiger partial charge on any atom is 0.332 e. The van der Waals surface area contributed by atoms with Crippen LogP contribution in [0.15, 0.2) is 27.0 Å². The van der Waals surface area contributed by atoms with Crippen molar-refractivity contribution in [2.45, 2.75) is 45.3 Å². The van der Waals surface area contributed by atoms with Crippen molar-refractivity contribution in [2.75, 3.05) is 26.8 Å². The van der Waals surface area contributed by atoms with Gasteiger partial charge in [0.25, 0.3) is 5.56 Å². The molecular weight excluding hydrogens is 407 g/mol. The smallest absolute Gasteiger partial charge is 0.332 e. The molecule has 1 saturated heterocycles. The number of aryl methyl sites for hydroxylation is 2. The summed E-state index contributed by atoms with van der Waals surface area (Å²) in [5.74, 6) is 0.781. The first kappa shape index (κ1) is 20.6. The summed E-state index contributed by atoms with van der Waals surface area (Å²) in [6.45, 7) is 3.94. The molecule has 0 spiro atoms. The van der Waals surface area contributed by atoms with Crippen molar-refractivity contribution in [3.63, 3.8) is 0 Å². The summed E-state index contributed by atoms with van der Waals surface area (Å²) in [7, 11) is 1.81. The van der Waals surface area contributed by atoms with Gasteiger partial charge >= 0.3 is 5.69 Å². The predicted octanol–water partition coefficient (Wildman–Crippen LogP) is 1.68. The molecule has 30 heavy (non-hydrogen) atoms. The summed E-state index contributed by atoms with van der Waals surface area (Å²) in [6, 6.07) is -0.0192.